The number of nitrogens with zero attached hydrogens (tertiary/aromatic N) is 1. The van der Waals surface area contributed by atoms with E-state index >= 15 is 0 Å². The Morgan fingerprint density at radius 1 is 1.17 bits per heavy atom. The Morgan fingerprint density at radius 3 is 2.65 bits per heavy atom. The first-order valence-corrected chi connectivity index (χ1v) is 8.00. The van der Waals surface area contributed by atoms with Crippen molar-refractivity contribution in [2.45, 2.75) is 20.4 Å². The van der Waals surface area contributed by atoms with Crippen molar-refractivity contribution in [3.63, 3.8) is 0 Å². The van der Waals surface area contributed by atoms with Gasteiger partial charge in [0, 0.05) is 6.54 Å². The van der Waals surface area contributed by atoms with E-state index < -0.39 is 0 Å². The van der Waals surface area contributed by atoms with Crippen molar-refractivity contribution in [1.29, 1.82) is 0 Å². The molecule has 4 nitrogen and oxygen atoms in total. The van der Waals surface area contributed by atoms with Gasteiger partial charge in [0.15, 0.2) is 5.13 Å². The molecule has 2 N–H and O–H groups in total. The molecule has 6 heteroatoms. The third-order valence-electron chi connectivity index (χ3n) is 3.67. The van der Waals surface area contributed by atoms with Gasteiger partial charge in [0.2, 0.25) is 0 Å². The van der Waals surface area contributed by atoms with Crippen molar-refractivity contribution < 1.29 is 9.18 Å². The van der Waals surface area contributed by atoms with Gasteiger partial charge in [-0.1, -0.05) is 29.5 Å². The molecular weight excluding hydrogens is 313 g/mol. The molecule has 23 heavy (non-hydrogen) atoms. The second-order valence-electron chi connectivity index (χ2n) is 5.31. The van der Waals surface area contributed by atoms with Gasteiger partial charge in [0.05, 0.1) is 10.2 Å². The number of hydrogen-bond acceptors (Lipinski definition) is 3. The summed E-state index contributed by atoms with van der Waals surface area (Å²) >= 11 is 1.44. The number of hydrogen-bond donors (Lipinski definition) is 2. The summed E-state index contributed by atoms with van der Waals surface area (Å²) in [5.41, 5.74) is 4.05. The maximum atomic E-state index is 12.8. The quantitative estimate of drug-likeness (QED) is 0.749. The van der Waals surface area contributed by atoms with Gasteiger partial charge in [0.25, 0.3) is 0 Å². The summed E-state index contributed by atoms with van der Waals surface area (Å²) in [6.07, 6.45) is 0. The molecule has 0 saturated heterocycles. The first-order valence-electron chi connectivity index (χ1n) is 7.19. The van der Waals surface area contributed by atoms with Crippen molar-refractivity contribution in [2.24, 2.45) is 0 Å². The van der Waals surface area contributed by atoms with Gasteiger partial charge < -0.3 is 5.32 Å². The van der Waals surface area contributed by atoms with Gasteiger partial charge in [-0.25, -0.2) is 14.2 Å². The number of urea groups is 1. The maximum Gasteiger partial charge on any atom is 0.321 e. The third-order valence-corrected chi connectivity index (χ3v) is 4.61. The highest BCUT2D eigenvalue weighted by Crippen LogP contribution is 2.29. The fourth-order valence-corrected chi connectivity index (χ4v) is 3.13. The van der Waals surface area contributed by atoms with E-state index in [1.54, 1.807) is 12.1 Å². The summed E-state index contributed by atoms with van der Waals surface area (Å²) in [7, 11) is 0. The predicted octanol–water partition coefficient (Wildman–Crippen LogP) is 4.37. The number of aryl methyl sites for hydroxylation is 2. The number of anilines is 1. The Labute approximate surface area is 137 Å². The largest absolute Gasteiger partial charge is 0.334 e. The average molecular weight is 329 g/mol. The minimum absolute atomic E-state index is 0.293. The topological polar surface area (TPSA) is 54.0 Å². The van der Waals surface area contributed by atoms with Crippen molar-refractivity contribution in [2.75, 3.05) is 5.32 Å². The molecule has 3 aromatic rings. The first-order chi connectivity index (χ1) is 11.0. The Bertz CT molecular complexity index is 858. The monoisotopic (exact) mass is 329 g/mol. The summed E-state index contributed by atoms with van der Waals surface area (Å²) in [6, 6.07) is 9.74. The minimum atomic E-state index is -0.331. The molecule has 0 aliphatic carbocycles. The summed E-state index contributed by atoms with van der Waals surface area (Å²) in [6.45, 7) is 4.39. The second-order valence-corrected chi connectivity index (χ2v) is 6.34. The van der Waals surface area contributed by atoms with Crippen LogP contribution < -0.4 is 10.6 Å². The lowest BCUT2D eigenvalue weighted by molar-refractivity contribution is 0.251. The van der Waals surface area contributed by atoms with Crippen molar-refractivity contribution in [1.82, 2.24) is 10.3 Å². The number of halogens is 1. The molecule has 0 fully saturated rings. The van der Waals surface area contributed by atoms with Gasteiger partial charge in [-0.15, -0.1) is 0 Å². The number of thiazole rings is 1. The molecule has 0 aliphatic heterocycles. The molecule has 2 aromatic carbocycles. The molecule has 0 spiro atoms. The van der Waals surface area contributed by atoms with Gasteiger partial charge in [-0.05, 0) is 48.7 Å². The van der Waals surface area contributed by atoms with E-state index in [0.29, 0.717) is 11.7 Å². The van der Waals surface area contributed by atoms with Crippen LogP contribution in [0, 0.1) is 19.7 Å². The van der Waals surface area contributed by atoms with Crippen LogP contribution in [0.2, 0.25) is 0 Å². The van der Waals surface area contributed by atoms with Crippen LogP contribution in [0.5, 0.6) is 0 Å². The lowest BCUT2D eigenvalue weighted by Gasteiger charge is -2.05. The van der Waals surface area contributed by atoms with E-state index in [1.165, 1.54) is 29.0 Å². The first kappa shape index (κ1) is 15.4. The number of carbonyl (C=O) groups excluding carboxylic acids is 1. The van der Waals surface area contributed by atoms with E-state index in [2.05, 4.69) is 15.6 Å². The van der Waals surface area contributed by atoms with Crippen LogP contribution in [0.1, 0.15) is 16.7 Å². The number of rotatable bonds is 3. The highest BCUT2D eigenvalue weighted by molar-refractivity contribution is 7.22. The molecule has 0 atom stereocenters. The molecule has 118 valence electrons. The van der Waals surface area contributed by atoms with Crippen molar-refractivity contribution >= 4 is 32.7 Å². The molecular formula is C17H16FN3OS. The number of carbonyl (C=O) groups is 1. The number of benzene rings is 2. The molecule has 0 unspecified atom stereocenters. The molecule has 0 aliphatic rings. The van der Waals surface area contributed by atoms with Crippen LogP contribution in [-0.4, -0.2) is 11.0 Å². The van der Waals surface area contributed by atoms with Crippen LogP contribution >= 0.6 is 11.3 Å². The number of nitrogens with one attached hydrogen (secondary N) is 2. The molecule has 2 amide bonds. The van der Waals surface area contributed by atoms with Gasteiger partial charge in [0.1, 0.15) is 5.82 Å². The zero-order valence-electron chi connectivity index (χ0n) is 12.8. The van der Waals surface area contributed by atoms with Gasteiger partial charge >= 0.3 is 6.03 Å². The molecule has 0 radical (unpaired) electrons. The lowest BCUT2D eigenvalue weighted by atomic mass is 10.1. The number of aromatic nitrogens is 1. The van der Waals surface area contributed by atoms with Gasteiger partial charge in [-0.2, -0.15) is 0 Å². The third kappa shape index (κ3) is 3.48. The highest BCUT2D eigenvalue weighted by atomic mass is 32.1. The molecule has 0 bridgehead atoms. The van der Waals surface area contributed by atoms with E-state index in [9.17, 15) is 9.18 Å². The fourth-order valence-electron chi connectivity index (χ4n) is 2.21. The lowest BCUT2D eigenvalue weighted by Crippen LogP contribution is -2.28. The summed E-state index contributed by atoms with van der Waals surface area (Å²) in [5, 5.41) is 6.03. The van der Waals surface area contributed by atoms with Gasteiger partial charge in [-0.3, -0.25) is 5.32 Å². The van der Waals surface area contributed by atoms with Crippen molar-refractivity contribution in [3.05, 3.63) is 58.9 Å². The van der Waals surface area contributed by atoms with Crippen LogP contribution in [-0.2, 0) is 6.54 Å². The van der Waals surface area contributed by atoms with E-state index in [4.69, 9.17) is 0 Å². The molecule has 3 rings (SSSR count). The summed E-state index contributed by atoms with van der Waals surface area (Å²) < 4.78 is 13.9. The normalized spacial score (nSPS) is 10.7. The zero-order chi connectivity index (χ0) is 16.4. The summed E-state index contributed by atoms with van der Waals surface area (Å²) in [5.74, 6) is -0.293. The average Bonchev–Trinajstić information content (AvgIpc) is 2.94. The van der Waals surface area contributed by atoms with E-state index in [0.717, 1.165) is 21.3 Å². The Kier molecular flexibility index (Phi) is 4.25. The Hall–Kier alpha value is -2.47. The maximum absolute atomic E-state index is 12.8. The van der Waals surface area contributed by atoms with Crippen molar-refractivity contribution in [3.8, 4) is 0 Å². The van der Waals surface area contributed by atoms with Crippen LogP contribution in [0.4, 0.5) is 14.3 Å². The van der Waals surface area contributed by atoms with E-state index in [1.807, 2.05) is 26.0 Å². The van der Waals surface area contributed by atoms with Crippen LogP contribution in [0.3, 0.4) is 0 Å². The summed E-state index contributed by atoms with van der Waals surface area (Å²) in [4.78, 5) is 16.4. The molecule has 1 aromatic heterocycles. The smallest absolute Gasteiger partial charge is 0.321 e. The standard InChI is InChI=1S/C17H16FN3OS/c1-10-3-8-14-15(11(10)2)20-17(23-14)21-16(22)19-9-12-4-6-13(18)7-5-12/h3-8H,9H2,1-2H3,(H2,19,20,21,22). The predicted molar refractivity (Wildman–Crippen MR) is 91.4 cm³/mol. The minimum Gasteiger partial charge on any atom is -0.334 e. The highest BCUT2D eigenvalue weighted by Gasteiger charge is 2.10. The van der Waals surface area contributed by atoms with Crippen LogP contribution in [0.15, 0.2) is 36.4 Å². The SMILES string of the molecule is Cc1ccc2sc(NC(=O)NCc3ccc(F)cc3)nc2c1C. The molecule has 0 saturated carbocycles. The fraction of sp³-hybridized carbons (Fsp3) is 0.176. The Morgan fingerprint density at radius 2 is 1.91 bits per heavy atom. The second kappa shape index (κ2) is 6.34. The Balaban J connectivity index is 1.66. The van der Waals surface area contributed by atoms with Crippen LogP contribution in [0.25, 0.3) is 10.2 Å². The molecule has 1 heterocycles. The zero-order valence-corrected chi connectivity index (χ0v) is 13.6. The van der Waals surface area contributed by atoms with E-state index in [-0.39, 0.29) is 11.8 Å². The number of fused-ring (bicyclic) bond motifs is 1. The number of amides is 2.